The molecule has 2 aliphatic rings. The first-order valence-electron chi connectivity index (χ1n) is 8.48. The standard InChI is InChI=1S/C20H20FNO2/c21-13-14-9-11-22(12-10-14)20(23)19-15-5-1-3-7-17(15)24-18-8-4-2-6-16(18)19/h1-8,14,19H,9-13H2. The summed E-state index contributed by atoms with van der Waals surface area (Å²) >= 11 is 0. The lowest BCUT2D eigenvalue weighted by Gasteiger charge is -2.35. The molecule has 0 saturated carbocycles. The molecular weight excluding hydrogens is 305 g/mol. The molecular formula is C20H20FNO2. The van der Waals surface area contributed by atoms with E-state index in [4.69, 9.17) is 4.74 Å². The van der Waals surface area contributed by atoms with Gasteiger partial charge in [-0.3, -0.25) is 9.18 Å². The SMILES string of the molecule is O=C(C1c2ccccc2Oc2ccccc21)N1CCC(CF)CC1. The summed E-state index contributed by atoms with van der Waals surface area (Å²) in [4.78, 5) is 15.1. The van der Waals surface area contributed by atoms with Gasteiger partial charge in [0.05, 0.1) is 12.6 Å². The van der Waals surface area contributed by atoms with Crippen LogP contribution in [0.1, 0.15) is 29.9 Å². The molecule has 0 unspecified atom stereocenters. The topological polar surface area (TPSA) is 29.5 Å². The third-order valence-electron chi connectivity index (χ3n) is 5.07. The third-order valence-corrected chi connectivity index (χ3v) is 5.07. The first-order valence-corrected chi connectivity index (χ1v) is 8.48. The number of piperidine rings is 1. The summed E-state index contributed by atoms with van der Waals surface area (Å²) in [6.07, 6.45) is 1.49. The second-order valence-corrected chi connectivity index (χ2v) is 6.53. The Morgan fingerprint density at radius 1 is 1.00 bits per heavy atom. The Hall–Kier alpha value is -2.36. The predicted molar refractivity (Wildman–Crippen MR) is 90.1 cm³/mol. The molecule has 1 amide bonds. The number of fused-ring (bicyclic) bond motifs is 2. The van der Waals surface area contributed by atoms with Gasteiger partial charge in [-0.1, -0.05) is 36.4 Å². The Morgan fingerprint density at radius 3 is 2.08 bits per heavy atom. The van der Waals surface area contributed by atoms with E-state index in [1.807, 2.05) is 53.4 Å². The Bertz CT molecular complexity index is 707. The summed E-state index contributed by atoms with van der Waals surface area (Å²) in [5, 5.41) is 0. The molecule has 0 N–H and O–H groups in total. The number of likely N-dealkylation sites (tertiary alicyclic amines) is 1. The summed E-state index contributed by atoms with van der Waals surface area (Å²) in [6.45, 7) is 0.981. The summed E-state index contributed by atoms with van der Waals surface area (Å²) in [6, 6.07) is 15.4. The highest BCUT2D eigenvalue weighted by molar-refractivity contribution is 5.89. The van der Waals surface area contributed by atoms with E-state index in [2.05, 4.69) is 0 Å². The van der Waals surface area contributed by atoms with Crippen molar-refractivity contribution in [3.63, 3.8) is 0 Å². The van der Waals surface area contributed by atoms with Gasteiger partial charge in [-0.2, -0.15) is 0 Å². The van der Waals surface area contributed by atoms with E-state index in [1.165, 1.54) is 0 Å². The molecule has 2 aromatic carbocycles. The number of rotatable bonds is 2. The number of ether oxygens (including phenoxy) is 1. The smallest absolute Gasteiger partial charge is 0.234 e. The number of hydrogen-bond donors (Lipinski definition) is 0. The average Bonchev–Trinajstić information content (AvgIpc) is 2.65. The van der Waals surface area contributed by atoms with Gasteiger partial charge in [-0.05, 0) is 30.9 Å². The molecule has 4 rings (SSSR count). The zero-order valence-electron chi connectivity index (χ0n) is 13.5. The largest absolute Gasteiger partial charge is 0.457 e. The lowest BCUT2D eigenvalue weighted by molar-refractivity contribution is -0.133. The highest BCUT2D eigenvalue weighted by atomic mass is 19.1. The maximum absolute atomic E-state index is 13.3. The zero-order valence-corrected chi connectivity index (χ0v) is 13.5. The van der Waals surface area contributed by atoms with Gasteiger partial charge in [-0.15, -0.1) is 0 Å². The average molecular weight is 325 g/mol. The van der Waals surface area contributed by atoms with Crippen LogP contribution in [-0.4, -0.2) is 30.6 Å². The maximum Gasteiger partial charge on any atom is 0.234 e. The van der Waals surface area contributed by atoms with Crippen LogP contribution in [0.15, 0.2) is 48.5 Å². The van der Waals surface area contributed by atoms with Crippen molar-refractivity contribution in [2.24, 2.45) is 5.92 Å². The molecule has 0 aliphatic carbocycles. The fourth-order valence-corrected chi connectivity index (χ4v) is 3.67. The number of benzene rings is 2. The van der Waals surface area contributed by atoms with Crippen LogP contribution in [0.5, 0.6) is 11.5 Å². The van der Waals surface area contributed by atoms with E-state index < -0.39 is 0 Å². The molecule has 4 heteroatoms. The van der Waals surface area contributed by atoms with Gasteiger partial charge < -0.3 is 9.64 Å². The van der Waals surface area contributed by atoms with Crippen molar-refractivity contribution in [1.82, 2.24) is 4.90 Å². The molecule has 24 heavy (non-hydrogen) atoms. The highest BCUT2D eigenvalue weighted by Gasteiger charge is 2.36. The quantitative estimate of drug-likeness (QED) is 0.831. The van der Waals surface area contributed by atoms with Crippen LogP contribution in [0.3, 0.4) is 0 Å². The van der Waals surface area contributed by atoms with Gasteiger partial charge in [0.2, 0.25) is 5.91 Å². The van der Waals surface area contributed by atoms with Crippen LogP contribution in [-0.2, 0) is 4.79 Å². The van der Waals surface area contributed by atoms with Crippen molar-refractivity contribution in [2.75, 3.05) is 19.8 Å². The molecule has 0 spiro atoms. The molecule has 0 bridgehead atoms. The lowest BCUT2D eigenvalue weighted by Crippen LogP contribution is -2.42. The van der Waals surface area contributed by atoms with Crippen molar-refractivity contribution in [3.8, 4) is 11.5 Å². The molecule has 0 radical (unpaired) electrons. The maximum atomic E-state index is 13.3. The number of amides is 1. The van der Waals surface area contributed by atoms with Gasteiger partial charge in [0.15, 0.2) is 0 Å². The second-order valence-electron chi connectivity index (χ2n) is 6.53. The molecule has 0 aromatic heterocycles. The molecule has 1 fully saturated rings. The predicted octanol–water partition coefficient (Wildman–Crippen LogP) is 4.13. The number of halogens is 1. The minimum absolute atomic E-state index is 0.0931. The number of carbonyl (C=O) groups excluding carboxylic acids is 1. The van der Waals surface area contributed by atoms with E-state index in [9.17, 15) is 9.18 Å². The van der Waals surface area contributed by atoms with E-state index in [0.717, 1.165) is 35.5 Å². The van der Waals surface area contributed by atoms with Crippen LogP contribution in [0.25, 0.3) is 0 Å². The minimum atomic E-state index is -0.340. The first kappa shape index (κ1) is 15.2. The summed E-state index contributed by atoms with van der Waals surface area (Å²) < 4.78 is 18.8. The number of hydrogen-bond acceptors (Lipinski definition) is 2. The lowest BCUT2D eigenvalue weighted by atomic mass is 9.86. The van der Waals surface area contributed by atoms with Crippen molar-refractivity contribution in [3.05, 3.63) is 59.7 Å². The van der Waals surface area contributed by atoms with Gasteiger partial charge in [0.25, 0.3) is 0 Å². The molecule has 3 nitrogen and oxygen atoms in total. The summed E-state index contributed by atoms with van der Waals surface area (Å²) in [5.74, 6) is 1.34. The molecule has 0 atom stereocenters. The summed E-state index contributed by atoms with van der Waals surface area (Å²) in [5.41, 5.74) is 1.82. The number of carbonyl (C=O) groups is 1. The number of nitrogens with zero attached hydrogens (tertiary/aromatic N) is 1. The molecule has 2 aromatic rings. The van der Waals surface area contributed by atoms with Crippen LogP contribution in [0, 0.1) is 5.92 Å². The van der Waals surface area contributed by atoms with E-state index >= 15 is 0 Å². The third kappa shape index (κ3) is 2.56. The first-order chi connectivity index (χ1) is 11.8. The fourth-order valence-electron chi connectivity index (χ4n) is 3.67. The second kappa shape index (κ2) is 6.27. The van der Waals surface area contributed by atoms with Gasteiger partial charge >= 0.3 is 0 Å². The van der Waals surface area contributed by atoms with Gasteiger partial charge in [-0.25, -0.2) is 0 Å². The Morgan fingerprint density at radius 2 is 1.54 bits per heavy atom. The minimum Gasteiger partial charge on any atom is -0.457 e. The van der Waals surface area contributed by atoms with Gasteiger partial charge in [0.1, 0.15) is 11.5 Å². The van der Waals surface area contributed by atoms with Crippen molar-refractivity contribution in [2.45, 2.75) is 18.8 Å². The Kier molecular flexibility index (Phi) is 3.97. The van der Waals surface area contributed by atoms with Crippen molar-refractivity contribution in [1.29, 1.82) is 0 Å². The Balaban J connectivity index is 1.68. The Labute approximate surface area is 141 Å². The van der Waals surface area contributed by atoms with Crippen molar-refractivity contribution < 1.29 is 13.9 Å². The molecule has 1 saturated heterocycles. The zero-order chi connectivity index (χ0) is 16.5. The van der Waals surface area contributed by atoms with Crippen LogP contribution in [0.2, 0.25) is 0 Å². The molecule has 2 aliphatic heterocycles. The molecule has 2 heterocycles. The van der Waals surface area contributed by atoms with Crippen LogP contribution >= 0.6 is 0 Å². The van der Waals surface area contributed by atoms with E-state index in [1.54, 1.807) is 0 Å². The van der Waals surface area contributed by atoms with Gasteiger partial charge in [0, 0.05) is 24.2 Å². The molecule has 124 valence electrons. The van der Waals surface area contributed by atoms with E-state index in [-0.39, 0.29) is 24.4 Å². The number of para-hydroxylation sites is 2. The van der Waals surface area contributed by atoms with E-state index in [0.29, 0.717) is 13.1 Å². The van der Waals surface area contributed by atoms with Crippen molar-refractivity contribution >= 4 is 5.91 Å². The highest BCUT2D eigenvalue weighted by Crippen LogP contribution is 2.44. The monoisotopic (exact) mass is 325 g/mol. The normalized spacial score (nSPS) is 17.8. The number of alkyl halides is 1. The summed E-state index contributed by atoms with van der Waals surface area (Å²) in [7, 11) is 0. The fraction of sp³-hybridized carbons (Fsp3) is 0.350. The van der Waals surface area contributed by atoms with Crippen LogP contribution in [0.4, 0.5) is 4.39 Å². The van der Waals surface area contributed by atoms with Crippen LogP contribution < -0.4 is 4.74 Å².